The number of nitrogens with two attached hydrogens (primary N) is 1. The van der Waals surface area contributed by atoms with Crippen molar-refractivity contribution in [3.05, 3.63) is 23.9 Å². The lowest BCUT2D eigenvalue weighted by atomic mass is 10.2. The Hall–Kier alpha value is -1.71. The molecule has 62 valence electrons. The van der Waals surface area contributed by atoms with Crippen molar-refractivity contribution < 1.29 is 4.79 Å². The quantitative estimate of drug-likeness (QED) is 0.400. The second-order valence-corrected chi connectivity index (χ2v) is 2.24. The Morgan fingerprint density at radius 3 is 2.83 bits per heavy atom. The largest absolute Gasteiger partial charge is 0.390 e. The van der Waals surface area contributed by atoms with Gasteiger partial charge in [-0.3, -0.25) is 4.79 Å². The van der Waals surface area contributed by atoms with E-state index in [0.29, 0.717) is 11.4 Å². The first-order valence-electron chi connectivity index (χ1n) is 3.45. The molecule has 1 heterocycles. The first-order valence-corrected chi connectivity index (χ1v) is 3.45. The Kier molecular flexibility index (Phi) is 2.53. The number of aromatic nitrogens is 1. The molecule has 0 amide bonds. The number of ketones is 1. The molecule has 0 aliphatic heterocycles. The molecule has 1 rings (SSSR count). The van der Waals surface area contributed by atoms with Crippen LogP contribution < -0.4 is 5.73 Å². The van der Waals surface area contributed by atoms with Crippen LogP contribution in [0, 0.1) is 0 Å². The van der Waals surface area contributed by atoms with Gasteiger partial charge in [-0.05, 0) is 19.1 Å². The Morgan fingerprint density at radius 2 is 2.42 bits per heavy atom. The number of hydrogen-bond acceptors (Lipinski definition) is 3. The van der Waals surface area contributed by atoms with E-state index in [1.54, 1.807) is 12.1 Å². The fourth-order valence-electron chi connectivity index (χ4n) is 0.747. The Labute approximate surface area is 70.1 Å². The van der Waals surface area contributed by atoms with E-state index >= 15 is 0 Å². The van der Waals surface area contributed by atoms with Gasteiger partial charge in [0.2, 0.25) is 0 Å². The number of hydrogen-bond donors (Lipinski definition) is 1. The number of pyridine rings is 1. The summed E-state index contributed by atoms with van der Waals surface area (Å²) in [6.07, 6.45) is 2.64. The van der Waals surface area contributed by atoms with Crippen LogP contribution in [0.25, 0.3) is 0 Å². The molecule has 1 aromatic heterocycles. The monoisotopic (exact) mass is 163 g/mol. The molecule has 0 unspecified atom stereocenters. The van der Waals surface area contributed by atoms with E-state index in [2.05, 4.69) is 9.98 Å². The predicted molar refractivity (Wildman–Crippen MR) is 46.6 cm³/mol. The smallest absolute Gasteiger partial charge is 0.161 e. The highest BCUT2D eigenvalue weighted by Crippen LogP contribution is 2.07. The Balaban J connectivity index is 2.93. The normalized spacial score (nSPS) is 10.4. The average molecular weight is 163 g/mol. The number of carbonyl (C=O) groups excluding carboxylic acids is 1. The molecule has 0 bridgehead atoms. The van der Waals surface area contributed by atoms with E-state index < -0.39 is 0 Å². The van der Waals surface area contributed by atoms with Crippen LogP contribution in [0.1, 0.15) is 17.3 Å². The van der Waals surface area contributed by atoms with Crippen LogP contribution >= 0.6 is 0 Å². The first-order chi connectivity index (χ1) is 5.74. The van der Waals surface area contributed by atoms with Gasteiger partial charge in [-0.1, -0.05) is 0 Å². The Bertz CT molecular complexity index is 303. The van der Waals surface area contributed by atoms with Gasteiger partial charge in [-0.15, -0.1) is 0 Å². The molecule has 0 aliphatic carbocycles. The summed E-state index contributed by atoms with van der Waals surface area (Å²) in [5.74, 6) is 0.494. The molecule has 0 atom stereocenters. The number of Topliss-reactive ketones (excluding diaryl/α,β-unsaturated/α-hetero) is 1. The lowest BCUT2D eigenvalue weighted by molar-refractivity contribution is 0.101. The minimum atomic E-state index is -0.00854. The van der Waals surface area contributed by atoms with Crippen LogP contribution in [0.2, 0.25) is 0 Å². The molecule has 0 aliphatic rings. The van der Waals surface area contributed by atoms with Crippen molar-refractivity contribution in [2.45, 2.75) is 6.92 Å². The molecule has 4 nitrogen and oxygen atoms in total. The summed E-state index contributed by atoms with van der Waals surface area (Å²) in [6.45, 7) is 1.49. The maximum atomic E-state index is 10.8. The fraction of sp³-hybridized carbons (Fsp3) is 0.125. The summed E-state index contributed by atoms with van der Waals surface area (Å²) in [6, 6.07) is 3.30. The lowest BCUT2D eigenvalue weighted by Gasteiger charge is -1.94. The number of carbonyl (C=O) groups is 1. The zero-order valence-corrected chi connectivity index (χ0v) is 6.69. The molecule has 12 heavy (non-hydrogen) atoms. The summed E-state index contributed by atoms with van der Waals surface area (Å²) >= 11 is 0. The van der Waals surface area contributed by atoms with Crippen molar-refractivity contribution >= 4 is 17.9 Å². The van der Waals surface area contributed by atoms with Crippen molar-refractivity contribution in [2.24, 2.45) is 10.7 Å². The van der Waals surface area contributed by atoms with Gasteiger partial charge in [0.1, 0.15) is 0 Å². The van der Waals surface area contributed by atoms with Crippen molar-refractivity contribution in [3.8, 4) is 0 Å². The third kappa shape index (κ3) is 1.88. The van der Waals surface area contributed by atoms with Crippen LogP contribution in [0.15, 0.2) is 23.3 Å². The topological polar surface area (TPSA) is 68.3 Å². The number of nitrogens with zero attached hydrogens (tertiary/aromatic N) is 2. The molecule has 0 spiro atoms. The molecule has 1 aromatic rings. The third-order valence-electron chi connectivity index (χ3n) is 1.36. The van der Waals surface area contributed by atoms with Gasteiger partial charge < -0.3 is 5.73 Å². The number of rotatable bonds is 2. The minimum Gasteiger partial charge on any atom is -0.390 e. The van der Waals surface area contributed by atoms with Crippen LogP contribution in [-0.4, -0.2) is 17.1 Å². The van der Waals surface area contributed by atoms with E-state index in [-0.39, 0.29) is 5.78 Å². The van der Waals surface area contributed by atoms with E-state index in [1.165, 1.54) is 13.1 Å². The summed E-state index contributed by atoms with van der Waals surface area (Å²) < 4.78 is 0. The van der Waals surface area contributed by atoms with Gasteiger partial charge in [0, 0.05) is 11.8 Å². The van der Waals surface area contributed by atoms with E-state index in [1.807, 2.05) is 0 Å². The second kappa shape index (κ2) is 3.61. The summed E-state index contributed by atoms with van der Waals surface area (Å²) in [5.41, 5.74) is 5.63. The van der Waals surface area contributed by atoms with Gasteiger partial charge in [0.05, 0.1) is 6.34 Å². The predicted octanol–water partition coefficient (Wildman–Crippen LogP) is 0.903. The van der Waals surface area contributed by atoms with Gasteiger partial charge in [-0.25, -0.2) is 9.98 Å². The van der Waals surface area contributed by atoms with Gasteiger partial charge in [-0.2, -0.15) is 0 Å². The average Bonchev–Trinajstić information content (AvgIpc) is 2.06. The van der Waals surface area contributed by atoms with Crippen LogP contribution in [-0.2, 0) is 0 Å². The fourth-order valence-corrected chi connectivity index (χ4v) is 0.747. The highest BCUT2D eigenvalue weighted by molar-refractivity contribution is 5.93. The van der Waals surface area contributed by atoms with Gasteiger partial charge >= 0.3 is 0 Å². The SMILES string of the molecule is CC(=O)c1ccc(N=CN)nc1. The zero-order chi connectivity index (χ0) is 8.97. The van der Waals surface area contributed by atoms with Crippen LogP contribution in [0.4, 0.5) is 5.82 Å². The highest BCUT2D eigenvalue weighted by atomic mass is 16.1. The molecule has 0 radical (unpaired) electrons. The number of aliphatic imine (C=N–C) groups is 1. The molecule has 0 saturated carbocycles. The van der Waals surface area contributed by atoms with Crippen molar-refractivity contribution in [1.82, 2.24) is 4.98 Å². The zero-order valence-electron chi connectivity index (χ0n) is 6.69. The molecule has 4 heteroatoms. The Morgan fingerprint density at radius 1 is 1.67 bits per heavy atom. The summed E-state index contributed by atoms with van der Waals surface area (Å²) in [4.78, 5) is 18.4. The molecule has 2 N–H and O–H groups in total. The maximum Gasteiger partial charge on any atom is 0.161 e. The third-order valence-corrected chi connectivity index (χ3v) is 1.36. The lowest BCUT2D eigenvalue weighted by Crippen LogP contribution is -1.92. The molecular weight excluding hydrogens is 154 g/mol. The van der Waals surface area contributed by atoms with Crippen molar-refractivity contribution in [3.63, 3.8) is 0 Å². The van der Waals surface area contributed by atoms with Crippen LogP contribution in [0.5, 0.6) is 0 Å². The second-order valence-electron chi connectivity index (χ2n) is 2.24. The highest BCUT2D eigenvalue weighted by Gasteiger charge is 1.97. The minimum absolute atomic E-state index is 0.00854. The van der Waals surface area contributed by atoms with E-state index in [4.69, 9.17) is 5.73 Å². The van der Waals surface area contributed by atoms with Gasteiger partial charge in [0.15, 0.2) is 11.6 Å². The van der Waals surface area contributed by atoms with Crippen molar-refractivity contribution in [2.75, 3.05) is 0 Å². The standard InChI is InChI=1S/C8H9N3O/c1-6(12)7-2-3-8(10-4-7)11-5-9/h2-5H,1H3,(H2,9,10,11). The first kappa shape index (κ1) is 8.39. The van der Waals surface area contributed by atoms with E-state index in [0.717, 1.165) is 6.34 Å². The molecular formula is C8H9N3O. The molecule has 0 aromatic carbocycles. The summed E-state index contributed by atoms with van der Waals surface area (Å²) in [5, 5.41) is 0. The molecule has 0 fully saturated rings. The van der Waals surface area contributed by atoms with Gasteiger partial charge in [0.25, 0.3) is 0 Å². The van der Waals surface area contributed by atoms with Crippen molar-refractivity contribution in [1.29, 1.82) is 0 Å². The summed E-state index contributed by atoms with van der Waals surface area (Å²) in [7, 11) is 0. The molecule has 0 saturated heterocycles. The van der Waals surface area contributed by atoms with Crippen LogP contribution in [0.3, 0.4) is 0 Å². The maximum absolute atomic E-state index is 10.8. The van der Waals surface area contributed by atoms with E-state index in [9.17, 15) is 4.79 Å².